The highest BCUT2D eigenvalue weighted by atomic mass is 35.5. The second-order valence-electron chi connectivity index (χ2n) is 2.91. The summed E-state index contributed by atoms with van der Waals surface area (Å²) >= 11 is 7.75. The topological polar surface area (TPSA) is 0 Å². The molecule has 2 heteroatoms. The first-order valence-electron chi connectivity index (χ1n) is 3.98. The van der Waals surface area contributed by atoms with Crippen LogP contribution in [-0.2, 0) is 0 Å². The normalized spacial score (nSPS) is 12.9. The van der Waals surface area contributed by atoms with Crippen LogP contribution < -0.4 is 0 Å². The lowest BCUT2D eigenvalue weighted by atomic mass is 10.0. The Morgan fingerprint density at radius 2 is 2.25 bits per heavy atom. The summed E-state index contributed by atoms with van der Waals surface area (Å²) in [5.41, 5.74) is 1.33. The van der Waals surface area contributed by atoms with E-state index in [0.29, 0.717) is 5.92 Å². The van der Waals surface area contributed by atoms with Gasteiger partial charge in [-0.3, -0.25) is 0 Å². The van der Waals surface area contributed by atoms with Gasteiger partial charge in [-0.2, -0.15) is 11.8 Å². The Balaban J connectivity index is 2.73. The average molecular weight is 201 g/mol. The molecule has 0 aliphatic heterocycles. The molecule has 0 bridgehead atoms. The van der Waals surface area contributed by atoms with E-state index in [4.69, 9.17) is 11.6 Å². The van der Waals surface area contributed by atoms with Gasteiger partial charge in [0.05, 0.1) is 0 Å². The van der Waals surface area contributed by atoms with Crippen molar-refractivity contribution in [1.82, 2.24) is 0 Å². The minimum absolute atomic E-state index is 0.596. The molecule has 1 aromatic rings. The molecule has 0 aromatic heterocycles. The van der Waals surface area contributed by atoms with Crippen molar-refractivity contribution in [2.75, 3.05) is 12.0 Å². The molecule has 0 aliphatic rings. The molecule has 1 rings (SSSR count). The van der Waals surface area contributed by atoms with Crippen molar-refractivity contribution < 1.29 is 0 Å². The number of halogens is 1. The first kappa shape index (κ1) is 9.94. The van der Waals surface area contributed by atoms with E-state index in [2.05, 4.69) is 19.2 Å². The van der Waals surface area contributed by atoms with E-state index in [-0.39, 0.29) is 0 Å². The van der Waals surface area contributed by atoms with Crippen molar-refractivity contribution in [2.45, 2.75) is 12.8 Å². The molecule has 0 N–H and O–H groups in total. The van der Waals surface area contributed by atoms with Crippen molar-refractivity contribution in [1.29, 1.82) is 0 Å². The van der Waals surface area contributed by atoms with Gasteiger partial charge in [-0.1, -0.05) is 30.7 Å². The third-order valence-corrected chi connectivity index (χ3v) is 2.90. The second-order valence-corrected chi connectivity index (χ2v) is 4.26. The lowest BCUT2D eigenvalue weighted by molar-refractivity contribution is 0.882. The highest BCUT2D eigenvalue weighted by Crippen LogP contribution is 2.21. The molecule has 0 saturated carbocycles. The fraction of sp³-hybridized carbons (Fsp3) is 0.400. The van der Waals surface area contributed by atoms with E-state index < -0.39 is 0 Å². The monoisotopic (exact) mass is 200 g/mol. The van der Waals surface area contributed by atoms with E-state index in [9.17, 15) is 0 Å². The fourth-order valence-electron chi connectivity index (χ4n) is 1.16. The van der Waals surface area contributed by atoms with Crippen molar-refractivity contribution in [3.05, 3.63) is 34.9 Å². The van der Waals surface area contributed by atoms with Crippen LogP contribution in [0, 0.1) is 0 Å². The van der Waals surface area contributed by atoms with Crippen molar-refractivity contribution >= 4 is 23.4 Å². The Bertz CT molecular complexity index is 247. The molecule has 12 heavy (non-hydrogen) atoms. The standard InChI is InChI=1S/C10H13ClS/c1-8(7-12-2)9-4-3-5-10(11)6-9/h3-6,8H,7H2,1-2H3. The summed E-state index contributed by atoms with van der Waals surface area (Å²) in [4.78, 5) is 0. The van der Waals surface area contributed by atoms with Crippen LogP contribution in [0.5, 0.6) is 0 Å². The van der Waals surface area contributed by atoms with E-state index in [0.717, 1.165) is 10.8 Å². The number of hydrogen-bond donors (Lipinski definition) is 0. The molecule has 66 valence electrons. The molecule has 0 aliphatic carbocycles. The zero-order valence-corrected chi connectivity index (χ0v) is 8.95. The summed E-state index contributed by atoms with van der Waals surface area (Å²) in [6.45, 7) is 2.22. The van der Waals surface area contributed by atoms with Crippen molar-refractivity contribution in [3.8, 4) is 0 Å². The van der Waals surface area contributed by atoms with E-state index >= 15 is 0 Å². The molecule has 1 aromatic carbocycles. The summed E-state index contributed by atoms with van der Waals surface area (Å²) < 4.78 is 0. The maximum Gasteiger partial charge on any atom is 0.0408 e. The Morgan fingerprint density at radius 3 is 2.83 bits per heavy atom. The third-order valence-electron chi connectivity index (χ3n) is 1.83. The Kier molecular flexibility index (Phi) is 3.96. The Morgan fingerprint density at radius 1 is 1.50 bits per heavy atom. The second kappa shape index (κ2) is 4.78. The van der Waals surface area contributed by atoms with Crippen molar-refractivity contribution in [3.63, 3.8) is 0 Å². The smallest absolute Gasteiger partial charge is 0.0408 e. The van der Waals surface area contributed by atoms with Crippen LogP contribution in [-0.4, -0.2) is 12.0 Å². The highest BCUT2D eigenvalue weighted by molar-refractivity contribution is 7.98. The van der Waals surface area contributed by atoms with Gasteiger partial charge < -0.3 is 0 Å². The number of hydrogen-bond acceptors (Lipinski definition) is 1. The summed E-state index contributed by atoms with van der Waals surface area (Å²) in [6.07, 6.45) is 2.13. The van der Waals surface area contributed by atoms with Crippen LogP contribution in [0.15, 0.2) is 24.3 Å². The van der Waals surface area contributed by atoms with Crippen LogP contribution in [0.3, 0.4) is 0 Å². The lowest BCUT2D eigenvalue weighted by Crippen LogP contribution is -1.95. The molecule has 1 atom stereocenters. The molecule has 0 saturated heterocycles. The minimum atomic E-state index is 0.596. The van der Waals surface area contributed by atoms with Gasteiger partial charge in [0, 0.05) is 5.02 Å². The first-order chi connectivity index (χ1) is 5.74. The quantitative estimate of drug-likeness (QED) is 0.715. The van der Waals surface area contributed by atoms with E-state index in [1.165, 1.54) is 5.56 Å². The fourth-order valence-corrected chi connectivity index (χ4v) is 2.05. The van der Waals surface area contributed by atoms with Gasteiger partial charge in [-0.25, -0.2) is 0 Å². The average Bonchev–Trinajstić information content (AvgIpc) is 2.05. The van der Waals surface area contributed by atoms with Crippen LogP contribution in [0.4, 0.5) is 0 Å². The van der Waals surface area contributed by atoms with Gasteiger partial charge in [0.15, 0.2) is 0 Å². The molecule has 0 amide bonds. The first-order valence-corrected chi connectivity index (χ1v) is 5.75. The van der Waals surface area contributed by atoms with E-state index in [1.54, 1.807) is 0 Å². The largest absolute Gasteiger partial charge is 0.165 e. The van der Waals surface area contributed by atoms with Crippen molar-refractivity contribution in [2.24, 2.45) is 0 Å². The van der Waals surface area contributed by atoms with Gasteiger partial charge in [-0.05, 0) is 35.6 Å². The van der Waals surface area contributed by atoms with Gasteiger partial charge in [0.1, 0.15) is 0 Å². The third kappa shape index (κ3) is 2.72. The van der Waals surface area contributed by atoms with Gasteiger partial charge >= 0.3 is 0 Å². The number of thioether (sulfide) groups is 1. The summed E-state index contributed by atoms with van der Waals surface area (Å²) in [5, 5.41) is 0.834. The molecule has 0 radical (unpaired) electrons. The lowest BCUT2D eigenvalue weighted by Gasteiger charge is -2.09. The highest BCUT2D eigenvalue weighted by Gasteiger charge is 2.03. The molecular weight excluding hydrogens is 188 g/mol. The van der Waals surface area contributed by atoms with Gasteiger partial charge in [0.2, 0.25) is 0 Å². The minimum Gasteiger partial charge on any atom is -0.165 e. The molecule has 1 unspecified atom stereocenters. The summed E-state index contributed by atoms with van der Waals surface area (Å²) in [5.74, 6) is 1.75. The maximum absolute atomic E-state index is 5.88. The van der Waals surface area contributed by atoms with Crippen LogP contribution in [0.1, 0.15) is 18.4 Å². The van der Waals surface area contributed by atoms with Gasteiger partial charge in [-0.15, -0.1) is 0 Å². The summed E-state index contributed by atoms with van der Waals surface area (Å²) in [7, 11) is 0. The molecule has 0 fully saturated rings. The Labute approximate surface area is 83.3 Å². The number of benzene rings is 1. The SMILES string of the molecule is CSCC(C)c1cccc(Cl)c1. The summed E-state index contributed by atoms with van der Waals surface area (Å²) in [6, 6.07) is 8.10. The van der Waals surface area contributed by atoms with Crippen LogP contribution >= 0.6 is 23.4 Å². The zero-order valence-electron chi connectivity index (χ0n) is 7.38. The maximum atomic E-state index is 5.88. The predicted octanol–water partition coefficient (Wildman–Crippen LogP) is 3.81. The zero-order chi connectivity index (χ0) is 8.97. The Hall–Kier alpha value is -0.140. The van der Waals surface area contributed by atoms with Crippen LogP contribution in [0.25, 0.3) is 0 Å². The predicted molar refractivity (Wildman–Crippen MR) is 58.2 cm³/mol. The molecular formula is C10H13ClS. The molecule has 0 nitrogen and oxygen atoms in total. The molecule has 0 spiro atoms. The van der Waals surface area contributed by atoms with E-state index in [1.807, 2.05) is 30.0 Å². The number of rotatable bonds is 3. The van der Waals surface area contributed by atoms with Gasteiger partial charge in [0.25, 0.3) is 0 Å². The van der Waals surface area contributed by atoms with Crippen LogP contribution in [0.2, 0.25) is 5.02 Å². The molecule has 0 heterocycles.